The number of H-pyrrole nitrogens is 1. The van der Waals surface area contributed by atoms with Gasteiger partial charge in [0.05, 0.1) is 19.3 Å². The first-order chi connectivity index (χ1) is 13.0. The van der Waals surface area contributed by atoms with E-state index in [-0.39, 0.29) is 18.2 Å². The van der Waals surface area contributed by atoms with Gasteiger partial charge < -0.3 is 18.9 Å². The number of aromatic nitrogens is 3. The fourth-order valence-corrected chi connectivity index (χ4v) is 2.59. The number of hydrogen-bond acceptors (Lipinski definition) is 6. The number of ether oxygens (including phenoxy) is 2. The summed E-state index contributed by atoms with van der Waals surface area (Å²) < 4.78 is 16.3. The monoisotopic (exact) mass is 370 g/mol. The maximum Gasteiger partial charge on any atom is 0.276 e. The van der Waals surface area contributed by atoms with Crippen molar-refractivity contribution in [1.82, 2.24) is 20.3 Å². The molecule has 27 heavy (non-hydrogen) atoms. The van der Waals surface area contributed by atoms with Crippen molar-refractivity contribution in [1.29, 1.82) is 0 Å². The third-order valence-electron chi connectivity index (χ3n) is 3.97. The van der Waals surface area contributed by atoms with E-state index < -0.39 is 0 Å². The lowest BCUT2D eigenvalue weighted by molar-refractivity contribution is 0.0772. The van der Waals surface area contributed by atoms with Crippen molar-refractivity contribution in [2.75, 3.05) is 14.2 Å². The lowest BCUT2D eigenvalue weighted by Crippen LogP contribution is -2.26. The molecule has 0 radical (unpaired) electrons. The highest BCUT2D eigenvalue weighted by Crippen LogP contribution is 2.28. The molecular formula is C19H22N4O4. The minimum atomic E-state index is -0.251. The molecule has 1 aromatic carbocycles. The van der Waals surface area contributed by atoms with E-state index in [2.05, 4.69) is 15.4 Å². The molecule has 1 N–H and O–H groups in total. The average molecular weight is 370 g/mol. The van der Waals surface area contributed by atoms with Gasteiger partial charge in [-0.15, -0.1) is 0 Å². The standard InChI is InChI=1S/C19H22N4O4/c1-12-5-6-17(18(7-12)25-4)26-11-15-9-16(22-27-15)19(24)23(3)10-14-8-13(2)20-21-14/h5-9H,10-11H2,1-4H3,(H,20,21). The van der Waals surface area contributed by atoms with Gasteiger partial charge in [0.15, 0.2) is 23.0 Å². The van der Waals surface area contributed by atoms with Crippen molar-refractivity contribution in [3.63, 3.8) is 0 Å². The second-order valence-corrected chi connectivity index (χ2v) is 6.32. The molecule has 2 heterocycles. The Morgan fingerprint density at radius 3 is 2.74 bits per heavy atom. The van der Waals surface area contributed by atoms with Crippen LogP contribution in [0.4, 0.5) is 0 Å². The summed E-state index contributed by atoms with van der Waals surface area (Å²) in [5.41, 5.74) is 3.02. The predicted octanol–water partition coefficient (Wildman–Crippen LogP) is 2.87. The van der Waals surface area contributed by atoms with Gasteiger partial charge in [-0.25, -0.2) is 0 Å². The molecule has 8 heteroatoms. The summed E-state index contributed by atoms with van der Waals surface area (Å²) in [7, 11) is 3.28. The molecule has 0 aliphatic heterocycles. The van der Waals surface area contributed by atoms with Crippen LogP contribution in [0, 0.1) is 13.8 Å². The quantitative estimate of drug-likeness (QED) is 0.687. The van der Waals surface area contributed by atoms with Crippen molar-refractivity contribution in [3.05, 3.63) is 58.7 Å². The minimum Gasteiger partial charge on any atom is -0.493 e. The topological polar surface area (TPSA) is 93.5 Å². The minimum absolute atomic E-state index is 0.141. The molecular weight excluding hydrogens is 348 g/mol. The molecule has 3 rings (SSSR count). The number of nitrogens with zero attached hydrogens (tertiary/aromatic N) is 3. The van der Waals surface area contributed by atoms with Crippen LogP contribution in [0.3, 0.4) is 0 Å². The van der Waals surface area contributed by atoms with Gasteiger partial charge in [0, 0.05) is 18.8 Å². The smallest absolute Gasteiger partial charge is 0.276 e. The molecule has 0 fully saturated rings. The number of carbonyl (C=O) groups is 1. The molecule has 0 aliphatic carbocycles. The SMILES string of the molecule is COc1cc(C)ccc1OCc1cc(C(=O)N(C)Cc2cc(C)[nH]n2)no1. The number of nitrogens with one attached hydrogen (secondary N) is 1. The molecule has 0 unspecified atom stereocenters. The zero-order valence-electron chi connectivity index (χ0n) is 15.8. The molecule has 2 aromatic heterocycles. The highest BCUT2D eigenvalue weighted by atomic mass is 16.5. The maximum absolute atomic E-state index is 12.5. The van der Waals surface area contributed by atoms with E-state index in [0.717, 1.165) is 17.0 Å². The fourth-order valence-electron chi connectivity index (χ4n) is 2.59. The molecule has 3 aromatic rings. The molecule has 8 nitrogen and oxygen atoms in total. The molecule has 0 atom stereocenters. The largest absolute Gasteiger partial charge is 0.493 e. The summed E-state index contributed by atoms with van der Waals surface area (Å²) in [5, 5.41) is 10.8. The lowest BCUT2D eigenvalue weighted by atomic mass is 10.2. The number of rotatable bonds is 7. The van der Waals surface area contributed by atoms with E-state index in [1.165, 1.54) is 4.90 Å². The summed E-state index contributed by atoms with van der Waals surface area (Å²) in [4.78, 5) is 14.0. The predicted molar refractivity (Wildman–Crippen MR) is 97.7 cm³/mol. The van der Waals surface area contributed by atoms with E-state index >= 15 is 0 Å². The van der Waals surface area contributed by atoms with E-state index in [0.29, 0.717) is 23.8 Å². The van der Waals surface area contributed by atoms with Gasteiger partial charge in [0.1, 0.15) is 6.61 Å². The van der Waals surface area contributed by atoms with Gasteiger partial charge in [-0.1, -0.05) is 11.2 Å². The Labute approximate surface area is 157 Å². The van der Waals surface area contributed by atoms with E-state index in [1.807, 2.05) is 38.1 Å². The third-order valence-corrected chi connectivity index (χ3v) is 3.97. The summed E-state index contributed by atoms with van der Waals surface area (Å²) in [5.74, 6) is 1.43. The first kappa shape index (κ1) is 18.5. The van der Waals surface area contributed by atoms with E-state index in [9.17, 15) is 4.79 Å². The Kier molecular flexibility index (Phi) is 5.44. The van der Waals surface area contributed by atoms with Crippen LogP contribution in [-0.4, -0.2) is 40.3 Å². The first-order valence-corrected chi connectivity index (χ1v) is 8.45. The van der Waals surface area contributed by atoms with E-state index in [4.69, 9.17) is 14.0 Å². The van der Waals surface area contributed by atoms with E-state index in [1.54, 1.807) is 20.2 Å². The number of amides is 1. The number of carbonyl (C=O) groups excluding carboxylic acids is 1. The molecule has 0 saturated heterocycles. The third kappa shape index (κ3) is 4.46. The average Bonchev–Trinajstić information content (AvgIpc) is 3.28. The molecule has 0 saturated carbocycles. The zero-order valence-corrected chi connectivity index (χ0v) is 15.8. The normalized spacial score (nSPS) is 10.7. The lowest BCUT2D eigenvalue weighted by Gasteiger charge is -2.13. The Balaban J connectivity index is 1.61. The molecule has 1 amide bonds. The van der Waals surface area contributed by atoms with Crippen LogP contribution in [-0.2, 0) is 13.2 Å². The van der Waals surface area contributed by atoms with Crippen molar-refractivity contribution in [2.45, 2.75) is 27.0 Å². The second-order valence-electron chi connectivity index (χ2n) is 6.32. The van der Waals surface area contributed by atoms with Gasteiger partial charge in [0.2, 0.25) is 0 Å². The zero-order chi connectivity index (χ0) is 19.4. The molecule has 0 aliphatic rings. The highest BCUT2D eigenvalue weighted by Gasteiger charge is 2.18. The van der Waals surface area contributed by atoms with Crippen LogP contribution in [0.15, 0.2) is 34.9 Å². The first-order valence-electron chi connectivity index (χ1n) is 8.45. The summed E-state index contributed by atoms with van der Waals surface area (Å²) in [6, 6.07) is 9.11. The van der Waals surface area contributed by atoms with Gasteiger partial charge >= 0.3 is 0 Å². The molecule has 0 spiro atoms. The number of benzene rings is 1. The molecule has 142 valence electrons. The number of hydrogen-bond donors (Lipinski definition) is 1. The van der Waals surface area contributed by atoms with Crippen molar-refractivity contribution >= 4 is 5.91 Å². The molecule has 0 bridgehead atoms. The fraction of sp³-hybridized carbons (Fsp3) is 0.316. The summed E-state index contributed by atoms with van der Waals surface area (Å²) in [6.07, 6.45) is 0. The van der Waals surface area contributed by atoms with Gasteiger partial charge in [-0.05, 0) is 37.6 Å². The Morgan fingerprint density at radius 2 is 2.04 bits per heavy atom. The Hall–Kier alpha value is -3.29. The number of aromatic amines is 1. The van der Waals surface area contributed by atoms with Gasteiger partial charge in [-0.3, -0.25) is 9.89 Å². The van der Waals surface area contributed by atoms with Crippen LogP contribution >= 0.6 is 0 Å². The Bertz CT molecular complexity index is 931. The van der Waals surface area contributed by atoms with Crippen LogP contribution in [0.1, 0.15) is 33.2 Å². The number of aryl methyl sites for hydroxylation is 2. The van der Waals surface area contributed by atoms with Gasteiger partial charge in [-0.2, -0.15) is 5.10 Å². The highest BCUT2D eigenvalue weighted by molar-refractivity contribution is 5.92. The van der Waals surface area contributed by atoms with Crippen LogP contribution < -0.4 is 9.47 Å². The van der Waals surface area contributed by atoms with Crippen molar-refractivity contribution in [3.8, 4) is 11.5 Å². The summed E-state index contributed by atoms with van der Waals surface area (Å²) >= 11 is 0. The number of methoxy groups -OCH3 is 1. The van der Waals surface area contributed by atoms with Crippen LogP contribution in [0.2, 0.25) is 0 Å². The van der Waals surface area contributed by atoms with Crippen molar-refractivity contribution in [2.24, 2.45) is 0 Å². The van der Waals surface area contributed by atoms with Crippen LogP contribution in [0.25, 0.3) is 0 Å². The summed E-state index contributed by atoms with van der Waals surface area (Å²) in [6.45, 7) is 4.40. The maximum atomic E-state index is 12.5. The van der Waals surface area contributed by atoms with Gasteiger partial charge in [0.25, 0.3) is 5.91 Å². The second kappa shape index (κ2) is 7.94. The van der Waals surface area contributed by atoms with Crippen molar-refractivity contribution < 1.29 is 18.8 Å². The van der Waals surface area contributed by atoms with Crippen LogP contribution in [0.5, 0.6) is 11.5 Å². The Morgan fingerprint density at radius 1 is 1.22 bits per heavy atom.